The van der Waals surface area contributed by atoms with E-state index in [1.165, 1.54) is 4.90 Å². The van der Waals surface area contributed by atoms with Gasteiger partial charge in [0.15, 0.2) is 5.82 Å². The van der Waals surface area contributed by atoms with Crippen molar-refractivity contribution in [3.8, 4) is 0 Å². The molecule has 0 saturated heterocycles. The number of benzene rings is 3. The fraction of sp³-hybridized carbons (Fsp3) is 0.0800. The molecule has 7 nitrogen and oxygen atoms in total. The highest BCUT2D eigenvalue weighted by atomic mass is 35.5. The molecule has 2 heterocycles. The Labute approximate surface area is 206 Å². The highest BCUT2D eigenvalue weighted by Crippen LogP contribution is 2.39. The molecule has 0 spiro atoms. The number of nitrogens with one attached hydrogen (secondary N) is 1. The maximum Gasteiger partial charge on any atom is 0.335 e. The van der Waals surface area contributed by atoms with Crippen LogP contribution in [0.4, 0.5) is 33.6 Å². The average molecular weight is 492 g/mol. The number of para-hydroxylation sites is 1. The number of hydrogen-bond acceptors (Lipinski definition) is 5. The standard InChI is InChI=1S/C25H19Cl2N5O2/c26-18-8-11-22(21(27)12-18)31-14-17-13-28-24(29-19-4-2-1-3-5-19)30-23(17)32(25(31)34)20-9-6-16(15-33)7-10-20/h1-13,33H,14-15H2,(H,28,29,30). The van der Waals surface area contributed by atoms with Gasteiger partial charge < -0.3 is 10.4 Å². The first-order valence-corrected chi connectivity index (χ1v) is 11.2. The number of anilines is 5. The number of urea groups is 1. The van der Waals surface area contributed by atoms with Gasteiger partial charge >= 0.3 is 6.03 Å². The van der Waals surface area contributed by atoms with E-state index in [1.54, 1.807) is 53.6 Å². The number of amides is 2. The molecule has 3 aromatic carbocycles. The number of hydrogen-bond donors (Lipinski definition) is 2. The van der Waals surface area contributed by atoms with E-state index in [4.69, 9.17) is 23.2 Å². The number of carbonyl (C=O) groups excluding carboxylic acids is 1. The zero-order valence-electron chi connectivity index (χ0n) is 17.8. The lowest BCUT2D eigenvalue weighted by Crippen LogP contribution is -2.45. The summed E-state index contributed by atoms with van der Waals surface area (Å²) in [5.74, 6) is 0.837. The van der Waals surface area contributed by atoms with Crippen LogP contribution in [0.2, 0.25) is 10.0 Å². The molecule has 0 bridgehead atoms. The van der Waals surface area contributed by atoms with Crippen molar-refractivity contribution >= 4 is 58.1 Å². The smallest absolute Gasteiger partial charge is 0.335 e. The second-order valence-corrected chi connectivity index (χ2v) is 8.50. The summed E-state index contributed by atoms with van der Waals surface area (Å²) >= 11 is 12.5. The number of nitrogens with zero attached hydrogens (tertiary/aromatic N) is 4. The van der Waals surface area contributed by atoms with Gasteiger partial charge in [-0.05, 0) is 48.0 Å². The van der Waals surface area contributed by atoms with E-state index in [-0.39, 0.29) is 19.2 Å². The van der Waals surface area contributed by atoms with Crippen LogP contribution in [0.15, 0.2) is 79.0 Å². The SMILES string of the molecule is O=C1N(c2ccc(Cl)cc2Cl)Cc2cnc(Nc3ccccc3)nc2N1c1ccc(CO)cc1. The van der Waals surface area contributed by atoms with Crippen LogP contribution in [0, 0.1) is 0 Å². The van der Waals surface area contributed by atoms with Gasteiger partial charge in [-0.3, -0.25) is 4.90 Å². The minimum atomic E-state index is -0.321. The second-order valence-electron chi connectivity index (χ2n) is 7.66. The third kappa shape index (κ3) is 4.28. The lowest BCUT2D eigenvalue weighted by atomic mass is 10.1. The molecule has 1 aliphatic heterocycles. The van der Waals surface area contributed by atoms with Gasteiger partial charge in [-0.15, -0.1) is 0 Å². The van der Waals surface area contributed by atoms with Crippen molar-refractivity contribution in [2.45, 2.75) is 13.2 Å². The Hall–Kier alpha value is -3.65. The number of aliphatic hydroxyl groups is 1. The summed E-state index contributed by atoms with van der Waals surface area (Å²) < 4.78 is 0. The fourth-order valence-electron chi connectivity index (χ4n) is 3.73. The Bertz CT molecular complexity index is 1350. The van der Waals surface area contributed by atoms with E-state index in [0.29, 0.717) is 33.2 Å². The Morgan fingerprint density at radius 2 is 1.76 bits per heavy atom. The molecule has 1 aliphatic rings. The van der Waals surface area contributed by atoms with Gasteiger partial charge in [-0.2, -0.15) is 4.98 Å². The number of rotatable bonds is 5. The van der Waals surface area contributed by atoms with Gasteiger partial charge in [-0.1, -0.05) is 53.5 Å². The number of fused-ring (bicyclic) bond motifs is 1. The van der Waals surface area contributed by atoms with Crippen molar-refractivity contribution in [2.24, 2.45) is 0 Å². The quantitative estimate of drug-likeness (QED) is 0.342. The van der Waals surface area contributed by atoms with Crippen LogP contribution in [0.1, 0.15) is 11.1 Å². The van der Waals surface area contributed by atoms with Crippen LogP contribution in [0.5, 0.6) is 0 Å². The van der Waals surface area contributed by atoms with Crippen molar-refractivity contribution in [1.82, 2.24) is 9.97 Å². The van der Waals surface area contributed by atoms with Crippen LogP contribution < -0.4 is 15.1 Å². The highest BCUT2D eigenvalue weighted by Gasteiger charge is 2.35. The predicted octanol–water partition coefficient (Wildman–Crippen LogP) is 6.30. The molecular formula is C25H19Cl2N5O2. The average Bonchev–Trinajstić information content (AvgIpc) is 2.85. The Kier molecular flexibility index (Phi) is 6.06. The monoisotopic (exact) mass is 491 g/mol. The van der Waals surface area contributed by atoms with E-state index in [9.17, 15) is 9.90 Å². The molecule has 34 heavy (non-hydrogen) atoms. The first-order valence-electron chi connectivity index (χ1n) is 10.5. The Morgan fingerprint density at radius 1 is 1.00 bits per heavy atom. The molecule has 1 aromatic heterocycles. The number of aromatic nitrogens is 2. The maximum absolute atomic E-state index is 13.8. The number of aliphatic hydroxyl groups excluding tert-OH is 1. The van der Waals surface area contributed by atoms with Crippen LogP contribution in [-0.2, 0) is 13.2 Å². The molecular weight excluding hydrogens is 473 g/mol. The molecule has 0 radical (unpaired) electrons. The van der Waals surface area contributed by atoms with E-state index in [2.05, 4.69) is 15.3 Å². The molecule has 170 valence electrons. The van der Waals surface area contributed by atoms with Crippen molar-refractivity contribution in [3.63, 3.8) is 0 Å². The van der Waals surface area contributed by atoms with E-state index >= 15 is 0 Å². The summed E-state index contributed by atoms with van der Waals surface area (Å²) in [6.45, 7) is 0.150. The number of halogens is 2. The number of carbonyl (C=O) groups is 1. The lowest BCUT2D eigenvalue weighted by molar-refractivity contribution is 0.252. The van der Waals surface area contributed by atoms with Crippen molar-refractivity contribution < 1.29 is 9.90 Å². The lowest BCUT2D eigenvalue weighted by Gasteiger charge is -2.36. The minimum Gasteiger partial charge on any atom is -0.392 e. The largest absolute Gasteiger partial charge is 0.392 e. The highest BCUT2D eigenvalue weighted by molar-refractivity contribution is 6.37. The van der Waals surface area contributed by atoms with Gasteiger partial charge in [0.2, 0.25) is 5.95 Å². The molecule has 0 aliphatic carbocycles. The summed E-state index contributed by atoms with van der Waals surface area (Å²) in [7, 11) is 0. The summed E-state index contributed by atoms with van der Waals surface area (Å²) in [4.78, 5) is 26.0. The van der Waals surface area contributed by atoms with E-state index in [1.807, 2.05) is 30.3 Å². The molecule has 9 heteroatoms. The maximum atomic E-state index is 13.8. The van der Waals surface area contributed by atoms with Crippen molar-refractivity contribution in [2.75, 3.05) is 15.1 Å². The van der Waals surface area contributed by atoms with Crippen LogP contribution in [-0.4, -0.2) is 21.1 Å². The third-order valence-corrected chi connectivity index (χ3v) is 5.95. The molecule has 0 saturated carbocycles. The minimum absolute atomic E-state index is 0.0926. The summed E-state index contributed by atoms with van der Waals surface area (Å²) in [6, 6.07) is 21.3. The van der Waals surface area contributed by atoms with Crippen LogP contribution in [0.25, 0.3) is 0 Å². The first kappa shape index (κ1) is 22.2. The molecule has 0 atom stereocenters. The van der Waals surface area contributed by atoms with Crippen molar-refractivity contribution in [3.05, 3.63) is 100 Å². The van der Waals surface area contributed by atoms with Crippen LogP contribution in [0.3, 0.4) is 0 Å². The molecule has 4 aromatic rings. The zero-order valence-corrected chi connectivity index (χ0v) is 19.3. The molecule has 0 fully saturated rings. The van der Waals surface area contributed by atoms with Gasteiger partial charge in [0.25, 0.3) is 0 Å². The van der Waals surface area contributed by atoms with Gasteiger partial charge in [0, 0.05) is 22.5 Å². The van der Waals surface area contributed by atoms with Gasteiger partial charge in [0.1, 0.15) is 0 Å². The summed E-state index contributed by atoms with van der Waals surface area (Å²) in [6.07, 6.45) is 1.70. The van der Waals surface area contributed by atoms with Crippen molar-refractivity contribution in [1.29, 1.82) is 0 Å². The van der Waals surface area contributed by atoms with Gasteiger partial charge in [-0.25, -0.2) is 14.7 Å². The van der Waals surface area contributed by atoms with E-state index in [0.717, 1.165) is 16.8 Å². The molecule has 5 rings (SSSR count). The molecule has 2 amide bonds. The summed E-state index contributed by atoms with van der Waals surface area (Å²) in [5.41, 5.74) is 3.45. The topological polar surface area (TPSA) is 81.6 Å². The normalized spacial score (nSPS) is 13.1. The van der Waals surface area contributed by atoms with Crippen LogP contribution >= 0.6 is 23.2 Å². The van der Waals surface area contributed by atoms with Gasteiger partial charge in [0.05, 0.1) is 29.5 Å². The molecule has 2 N–H and O–H groups in total. The Balaban J connectivity index is 1.60. The predicted molar refractivity (Wildman–Crippen MR) is 134 cm³/mol. The zero-order chi connectivity index (χ0) is 23.7. The summed E-state index contributed by atoms with van der Waals surface area (Å²) in [5, 5.41) is 13.4. The first-order chi connectivity index (χ1) is 16.5. The molecule has 0 unspecified atom stereocenters. The third-order valence-electron chi connectivity index (χ3n) is 5.41. The second kappa shape index (κ2) is 9.30. The van der Waals surface area contributed by atoms with E-state index < -0.39 is 0 Å². The fourth-order valence-corrected chi connectivity index (χ4v) is 4.25. The Morgan fingerprint density at radius 3 is 2.47 bits per heavy atom.